The van der Waals surface area contributed by atoms with Crippen molar-refractivity contribution >= 4 is 29.2 Å². The van der Waals surface area contributed by atoms with Gasteiger partial charge in [-0.3, -0.25) is 9.89 Å². The second kappa shape index (κ2) is 6.65. The first kappa shape index (κ1) is 19.6. The fourth-order valence-corrected chi connectivity index (χ4v) is 3.51. The molecule has 0 saturated heterocycles. The van der Waals surface area contributed by atoms with Crippen LogP contribution < -0.4 is 11.1 Å². The SMILES string of the molecule is C[C@]1(c2cc(NC(=O)c3n[nH]c(C4CC4)c3Cl)ccc2F)OC(N)=NCC1(F)F. The number of nitrogens with one attached hydrogen (secondary N) is 2. The smallest absolute Gasteiger partial charge is 0.310 e. The van der Waals surface area contributed by atoms with Gasteiger partial charge in [0, 0.05) is 17.2 Å². The summed E-state index contributed by atoms with van der Waals surface area (Å²) in [5.74, 6) is -4.86. The number of aromatic nitrogens is 2. The Hall–Kier alpha value is -2.75. The van der Waals surface area contributed by atoms with Crippen molar-refractivity contribution in [3.63, 3.8) is 0 Å². The van der Waals surface area contributed by atoms with Crippen LogP contribution in [0.5, 0.6) is 0 Å². The molecule has 1 aromatic carbocycles. The normalized spacial score (nSPS) is 23.3. The summed E-state index contributed by atoms with van der Waals surface area (Å²) in [6, 6.07) is 2.80. The van der Waals surface area contributed by atoms with Gasteiger partial charge in [0.2, 0.25) is 5.60 Å². The van der Waals surface area contributed by atoms with Crippen molar-refractivity contribution in [2.24, 2.45) is 10.7 Å². The lowest BCUT2D eigenvalue weighted by Crippen LogP contribution is -2.53. The van der Waals surface area contributed by atoms with Gasteiger partial charge in [0.1, 0.15) is 12.4 Å². The van der Waals surface area contributed by atoms with Crippen molar-refractivity contribution in [1.29, 1.82) is 0 Å². The number of amidine groups is 1. The number of nitrogens with zero attached hydrogens (tertiary/aromatic N) is 2. The number of benzene rings is 1. The molecule has 1 saturated carbocycles. The molecule has 4 N–H and O–H groups in total. The van der Waals surface area contributed by atoms with E-state index < -0.39 is 41.4 Å². The molecule has 7 nitrogen and oxygen atoms in total. The Balaban J connectivity index is 1.64. The van der Waals surface area contributed by atoms with Crippen molar-refractivity contribution in [3.8, 4) is 0 Å². The molecular weight excluding hydrogens is 411 g/mol. The van der Waals surface area contributed by atoms with Gasteiger partial charge in [-0.1, -0.05) is 11.6 Å². The summed E-state index contributed by atoms with van der Waals surface area (Å²) >= 11 is 6.21. The summed E-state index contributed by atoms with van der Waals surface area (Å²) in [5.41, 5.74) is 3.31. The standard InChI is InChI=1S/C18H17ClF3N5O2/c1-17(18(21,22)7-24-16(23)29-17)10-6-9(4-5-11(10)20)25-15(28)14-12(19)13(26-27-14)8-2-3-8/h4-6,8H,2-3,7H2,1H3,(H2,23,24)(H,25,28)(H,26,27)/t17-/m1/s1. The van der Waals surface area contributed by atoms with Gasteiger partial charge in [0.15, 0.2) is 5.69 Å². The third-order valence-electron chi connectivity index (χ3n) is 5.11. The number of anilines is 1. The highest BCUT2D eigenvalue weighted by Crippen LogP contribution is 2.45. The quantitative estimate of drug-likeness (QED) is 0.694. The van der Waals surface area contributed by atoms with E-state index in [-0.39, 0.29) is 22.3 Å². The molecule has 2 heterocycles. The van der Waals surface area contributed by atoms with Crippen LogP contribution in [0.4, 0.5) is 18.9 Å². The summed E-state index contributed by atoms with van der Waals surface area (Å²) in [7, 11) is 0. The number of aromatic amines is 1. The number of hydrogen-bond acceptors (Lipinski definition) is 5. The number of amides is 1. The van der Waals surface area contributed by atoms with E-state index in [0.717, 1.165) is 31.9 Å². The molecule has 1 aliphatic carbocycles. The van der Waals surface area contributed by atoms with Gasteiger partial charge in [0.25, 0.3) is 11.9 Å². The zero-order valence-corrected chi connectivity index (χ0v) is 16.0. The lowest BCUT2D eigenvalue weighted by atomic mass is 9.87. The monoisotopic (exact) mass is 427 g/mol. The number of aliphatic imine (C=N–C) groups is 1. The van der Waals surface area contributed by atoms with Crippen molar-refractivity contribution in [1.82, 2.24) is 10.2 Å². The van der Waals surface area contributed by atoms with Crippen LogP contribution in [0.3, 0.4) is 0 Å². The highest BCUT2D eigenvalue weighted by Gasteiger charge is 2.57. The van der Waals surface area contributed by atoms with Crippen LogP contribution in [-0.4, -0.2) is 34.6 Å². The molecule has 2 aliphatic rings. The molecule has 4 rings (SSSR count). The third kappa shape index (κ3) is 3.31. The zero-order chi connectivity index (χ0) is 21.0. The number of carbonyl (C=O) groups excluding carboxylic acids is 1. The van der Waals surface area contributed by atoms with Crippen molar-refractivity contribution < 1.29 is 22.7 Å². The molecule has 0 bridgehead atoms. The number of H-pyrrole nitrogens is 1. The summed E-state index contributed by atoms with van der Waals surface area (Å²) in [6.45, 7) is 0.0726. The number of nitrogens with two attached hydrogens (primary N) is 1. The molecule has 1 fully saturated rings. The number of ether oxygens (including phenoxy) is 1. The fourth-order valence-electron chi connectivity index (χ4n) is 3.19. The maximum atomic E-state index is 14.5. The first-order valence-electron chi connectivity index (χ1n) is 8.84. The fraction of sp³-hybridized carbons (Fsp3) is 0.389. The maximum Gasteiger partial charge on any atom is 0.310 e. The summed E-state index contributed by atoms with van der Waals surface area (Å²) in [4.78, 5) is 15.9. The summed E-state index contributed by atoms with van der Waals surface area (Å²) in [5, 5.41) is 9.39. The zero-order valence-electron chi connectivity index (χ0n) is 15.2. The highest BCUT2D eigenvalue weighted by atomic mass is 35.5. The lowest BCUT2D eigenvalue weighted by molar-refractivity contribution is -0.173. The highest BCUT2D eigenvalue weighted by molar-refractivity contribution is 6.34. The Kier molecular flexibility index (Phi) is 4.49. The molecule has 11 heteroatoms. The molecule has 1 aliphatic heterocycles. The predicted molar refractivity (Wildman–Crippen MR) is 99.8 cm³/mol. The number of rotatable bonds is 4. The van der Waals surface area contributed by atoms with Crippen LogP contribution in [-0.2, 0) is 10.3 Å². The molecule has 0 radical (unpaired) electrons. The van der Waals surface area contributed by atoms with E-state index in [9.17, 15) is 18.0 Å². The van der Waals surface area contributed by atoms with Crippen molar-refractivity contribution in [2.75, 3.05) is 11.9 Å². The van der Waals surface area contributed by atoms with Gasteiger partial charge in [-0.2, -0.15) is 13.9 Å². The number of alkyl halides is 2. The number of hydrogen-bond donors (Lipinski definition) is 3. The predicted octanol–water partition coefficient (Wildman–Crippen LogP) is 3.53. The van der Waals surface area contributed by atoms with Crippen LogP contribution in [0.2, 0.25) is 5.02 Å². The van der Waals surface area contributed by atoms with E-state index in [1.807, 2.05) is 0 Å². The van der Waals surface area contributed by atoms with Crippen LogP contribution in [0, 0.1) is 5.82 Å². The molecule has 154 valence electrons. The average molecular weight is 428 g/mol. The second-order valence-corrected chi connectivity index (χ2v) is 7.60. The largest absolute Gasteiger partial charge is 0.448 e. The summed E-state index contributed by atoms with van der Waals surface area (Å²) < 4.78 is 48.5. The minimum absolute atomic E-state index is 0.0266. The molecule has 1 amide bonds. The number of halogens is 4. The van der Waals surface area contributed by atoms with Gasteiger partial charge in [0.05, 0.1) is 10.7 Å². The van der Waals surface area contributed by atoms with Gasteiger partial charge >= 0.3 is 5.92 Å². The van der Waals surface area contributed by atoms with Gasteiger partial charge in [-0.15, -0.1) is 0 Å². The molecule has 29 heavy (non-hydrogen) atoms. The first-order chi connectivity index (χ1) is 13.6. The summed E-state index contributed by atoms with van der Waals surface area (Å²) in [6.07, 6.45) is 1.92. The van der Waals surface area contributed by atoms with Crippen LogP contribution in [0.25, 0.3) is 0 Å². The van der Waals surface area contributed by atoms with Crippen molar-refractivity contribution in [3.05, 3.63) is 46.0 Å². The van der Waals surface area contributed by atoms with E-state index >= 15 is 0 Å². The van der Waals surface area contributed by atoms with E-state index in [1.54, 1.807) is 0 Å². The Morgan fingerprint density at radius 2 is 2.14 bits per heavy atom. The molecule has 0 spiro atoms. The number of carbonyl (C=O) groups is 1. The Morgan fingerprint density at radius 1 is 1.41 bits per heavy atom. The second-order valence-electron chi connectivity index (χ2n) is 7.22. The average Bonchev–Trinajstić information content (AvgIpc) is 3.42. The first-order valence-corrected chi connectivity index (χ1v) is 9.22. The van der Waals surface area contributed by atoms with E-state index in [2.05, 4.69) is 20.5 Å². The van der Waals surface area contributed by atoms with E-state index in [1.165, 1.54) is 6.07 Å². The van der Waals surface area contributed by atoms with Gasteiger partial charge in [-0.25, -0.2) is 9.38 Å². The third-order valence-corrected chi connectivity index (χ3v) is 5.49. The van der Waals surface area contributed by atoms with Crippen LogP contribution in [0.1, 0.15) is 47.4 Å². The minimum Gasteiger partial charge on any atom is -0.448 e. The molecule has 1 aromatic heterocycles. The molecule has 1 atom stereocenters. The Morgan fingerprint density at radius 3 is 2.83 bits per heavy atom. The lowest BCUT2D eigenvalue weighted by Gasteiger charge is -2.39. The Bertz CT molecular complexity index is 1020. The van der Waals surface area contributed by atoms with Gasteiger partial charge < -0.3 is 15.8 Å². The van der Waals surface area contributed by atoms with Crippen molar-refractivity contribution in [2.45, 2.75) is 37.2 Å². The van der Waals surface area contributed by atoms with E-state index in [0.29, 0.717) is 5.69 Å². The van der Waals surface area contributed by atoms with Crippen LogP contribution >= 0.6 is 11.6 Å². The van der Waals surface area contributed by atoms with E-state index in [4.69, 9.17) is 22.1 Å². The maximum absolute atomic E-state index is 14.5. The topological polar surface area (TPSA) is 105 Å². The minimum atomic E-state index is -3.52. The van der Waals surface area contributed by atoms with Gasteiger partial charge in [-0.05, 0) is 38.0 Å². The van der Waals surface area contributed by atoms with Crippen LogP contribution in [0.15, 0.2) is 23.2 Å². The Labute approximate surface area is 168 Å². The molecule has 0 unspecified atom stereocenters. The molecular formula is C18H17ClF3N5O2. The molecule has 2 aromatic rings.